The number of ether oxygens (including phenoxy) is 4. The van der Waals surface area contributed by atoms with Crippen molar-refractivity contribution in [3.63, 3.8) is 0 Å². The Balaban J connectivity index is 2.76. The first kappa shape index (κ1) is 21.7. The average molecular weight is 369 g/mol. The van der Waals surface area contributed by atoms with Gasteiger partial charge in [0.05, 0.1) is 18.5 Å². The van der Waals surface area contributed by atoms with E-state index in [-0.39, 0.29) is 31.3 Å². The number of aromatic nitrogens is 1. The van der Waals surface area contributed by atoms with Crippen LogP contribution in [0.15, 0.2) is 12.3 Å². The molecule has 1 N–H and O–H groups in total. The third kappa shape index (κ3) is 8.66. The SMILES string of the molecule is CC(C)(C)OC(=O)COc1cnc(CO)cc1OCC(=O)OC(C)(C)C. The molecule has 8 heteroatoms. The van der Waals surface area contributed by atoms with Crippen molar-refractivity contribution in [3.8, 4) is 11.5 Å². The molecule has 0 fully saturated rings. The first-order chi connectivity index (χ1) is 11.9. The molecule has 1 heterocycles. The van der Waals surface area contributed by atoms with E-state index in [1.54, 1.807) is 41.5 Å². The Hall–Kier alpha value is -2.35. The number of aliphatic hydroxyl groups excluding tert-OH is 1. The van der Waals surface area contributed by atoms with Crippen LogP contribution in [0.4, 0.5) is 0 Å². The molecule has 0 aliphatic rings. The summed E-state index contributed by atoms with van der Waals surface area (Å²) in [4.78, 5) is 27.5. The van der Waals surface area contributed by atoms with Gasteiger partial charge in [-0.05, 0) is 41.5 Å². The first-order valence-electron chi connectivity index (χ1n) is 8.19. The van der Waals surface area contributed by atoms with Gasteiger partial charge in [0, 0.05) is 6.07 Å². The lowest BCUT2D eigenvalue weighted by atomic mass is 10.2. The highest BCUT2D eigenvalue weighted by atomic mass is 16.6. The van der Waals surface area contributed by atoms with E-state index in [0.29, 0.717) is 5.69 Å². The summed E-state index contributed by atoms with van der Waals surface area (Å²) in [5.41, 5.74) is -0.936. The van der Waals surface area contributed by atoms with Crippen LogP contribution in [0, 0.1) is 0 Å². The van der Waals surface area contributed by atoms with Gasteiger partial charge in [-0.2, -0.15) is 0 Å². The summed E-state index contributed by atoms with van der Waals surface area (Å²) in [7, 11) is 0. The fraction of sp³-hybridized carbons (Fsp3) is 0.611. The molecule has 1 aromatic heterocycles. The maximum absolute atomic E-state index is 11.8. The summed E-state index contributed by atoms with van der Waals surface area (Å²) in [5.74, 6) is -0.796. The van der Waals surface area contributed by atoms with E-state index < -0.39 is 23.1 Å². The van der Waals surface area contributed by atoms with Gasteiger partial charge >= 0.3 is 11.9 Å². The minimum atomic E-state index is -0.634. The van der Waals surface area contributed by atoms with Gasteiger partial charge in [-0.1, -0.05) is 0 Å². The average Bonchev–Trinajstić information content (AvgIpc) is 2.47. The number of hydrogen-bond donors (Lipinski definition) is 1. The second-order valence-corrected chi connectivity index (χ2v) is 7.53. The monoisotopic (exact) mass is 369 g/mol. The lowest BCUT2D eigenvalue weighted by Gasteiger charge is -2.20. The molecular formula is C18H27NO7. The lowest BCUT2D eigenvalue weighted by molar-refractivity contribution is -0.158. The van der Waals surface area contributed by atoms with Crippen LogP contribution in [-0.4, -0.2) is 46.4 Å². The van der Waals surface area contributed by atoms with Gasteiger partial charge in [0.25, 0.3) is 0 Å². The van der Waals surface area contributed by atoms with Crippen LogP contribution >= 0.6 is 0 Å². The highest BCUT2D eigenvalue weighted by Crippen LogP contribution is 2.27. The Morgan fingerprint density at radius 2 is 1.38 bits per heavy atom. The highest BCUT2D eigenvalue weighted by molar-refractivity contribution is 5.72. The maximum Gasteiger partial charge on any atom is 0.344 e. The second-order valence-electron chi connectivity index (χ2n) is 7.53. The van der Waals surface area contributed by atoms with Crippen LogP contribution in [0.5, 0.6) is 11.5 Å². The van der Waals surface area contributed by atoms with Crippen molar-refractivity contribution in [2.45, 2.75) is 59.4 Å². The van der Waals surface area contributed by atoms with Crippen molar-refractivity contribution in [1.82, 2.24) is 4.98 Å². The molecular weight excluding hydrogens is 342 g/mol. The third-order valence-electron chi connectivity index (χ3n) is 2.58. The van der Waals surface area contributed by atoms with Crippen LogP contribution in [0.25, 0.3) is 0 Å². The zero-order valence-electron chi connectivity index (χ0n) is 16.1. The topological polar surface area (TPSA) is 104 Å². The fourth-order valence-corrected chi connectivity index (χ4v) is 1.79. The number of rotatable bonds is 7. The molecule has 8 nitrogen and oxygen atoms in total. The van der Waals surface area contributed by atoms with Crippen molar-refractivity contribution in [2.24, 2.45) is 0 Å². The highest BCUT2D eigenvalue weighted by Gasteiger charge is 2.20. The number of carbonyl (C=O) groups excluding carboxylic acids is 2. The number of pyridine rings is 1. The molecule has 26 heavy (non-hydrogen) atoms. The van der Waals surface area contributed by atoms with Crippen LogP contribution in [0.3, 0.4) is 0 Å². The van der Waals surface area contributed by atoms with Gasteiger partial charge in [0.15, 0.2) is 24.7 Å². The smallest absolute Gasteiger partial charge is 0.344 e. The Bertz CT molecular complexity index is 629. The fourth-order valence-electron chi connectivity index (χ4n) is 1.79. The standard InChI is InChI=1S/C18H27NO7/c1-17(2,3)25-15(21)10-23-13-7-12(9-20)19-8-14(13)24-11-16(22)26-18(4,5)6/h7-8,20H,9-11H2,1-6H3. The van der Waals surface area contributed by atoms with Gasteiger partial charge in [-0.3, -0.25) is 4.98 Å². The van der Waals surface area contributed by atoms with Gasteiger partial charge < -0.3 is 24.1 Å². The van der Waals surface area contributed by atoms with Crippen LogP contribution < -0.4 is 9.47 Å². The molecule has 0 aromatic carbocycles. The van der Waals surface area contributed by atoms with Crippen molar-refractivity contribution in [3.05, 3.63) is 18.0 Å². The van der Waals surface area contributed by atoms with E-state index in [4.69, 9.17) is 18.9 Å². The van der Waals surface area contributed by atoms with E-state index in [2.05, 4.69) is 4.98 Å². The van der Waals surface area contributed by atoms with Gasteiger partial charge in [0.1, 0.15) is 11.2 Å². The van der Waals surface area contributed by atoms with E-state index in [1.165, 1.54) is 12.3 Å². The van der Waals surface area contributed by atoms with Crippen molar-refractivity contribution < 1.29 is 33.6 Å². The van der Waals surface area contributed by atoms with Crippen LogP contribution in [0.1, 0.15) is 47.2 Å². The van der Waals surface area contributed by atoms with E-state index >= 15 is 0 Å². The summed E-state index contributed by atoms with van der Waals surface area (Å²) in [5, 5.41) is 9.20. The molecule has 0 spiro atoms. The third-order valence-corrected chi connectivity index (χ3v) is 2.58. The molecule has 0 aliphatic carbocycles. The normalized spacial score (nSPS) is 11.7. The second kappa shape index (κ2) is 8.84. The van der Waals surface area contributed by atoms with E-state index in [0.717, 1.165) is 0 Å². The molecule has 0 amide bonds. The maximum atomic E-state index is 11.8. The van der Waals surface area contributed by atoms with Gasteiger partial charge in [-0.15, -0.1) is 0 Å². The van der Waals surface area contributed by atoms with Crippen molar-refractivity contribution in [1.29, 1.82) is 0 Å². The lowest BCUT2D eigenvalue weighted by Crippen LogP contribution is -2.28. The molecule has 0 unspecified atom stereocenters. The molecule has 0 saturated heterocycles. The zero-order valence-corrected chi connectivity index (χ0v) is 16.1. The van der Waals surface area contributed by atoms with Crippen molar-refractivity contribution in [2.75, 3.05) is 13.2 Å². The van der Waals surface area contributed by atoms with E-state index in [1.807, 2.05) is 0 Å². The van der Waals surface area contributed by atoms with Crippen LogP contribution in [-0.2, 0) is 25.7 Å². The quantitative estimate of drug-likeness (QED) is 0.728. The number of aliphatic hydroxyl groups is 1. The number of carbonyl (C=O) groups is 2. The molecule has 0 bridgehead atoms. The predicted octanol–water partition coefficient (Wildman–Crippen LogP) is 2.01. The number of hydrogen-bond acceptors (Lipinski definition) is 8. The molecule has 1 rings (SSSR count). The largest absolute Gasteiger partial charge is 0.478 e. The summed E-state index contributed by atoms with van der Waals surface area (Å²) < 4.78 is 21.1. The zero-order chi connectivity index (χ0) is 20.0. The minimum absolute atomic E-state index is 0.150. The Kier molecular flexibility index (Phi) is 7.38. The Labute approximate surface area is 153 Å². The number of esters is 2. The summed E-state index contributed by atoms with van der Waals surface area (Å²) in [6.07, 6.45) is 1.31. The van der Waals surface area contributed by atoms with Gasteiger partial charge in [-0.25, -0.2) is 9.59 Å². The van der Waals surface area contributed by atoms with E-state index in [9.17, 15) is 14.7 Å². The molecule has 1 aromatic rings. The van der Waals surface area contributed by atoms with Crippen LogP contribution in [0.2, 0.25) is 0 Å². The predicted molar refractivity (Wildman–Crippen MR) is 92.8 cm³/mol. The Morgan fingerprint density at radius 3 is 1.81 bits per heavy atom. The molecule has 146 valence electrons. The molecule has 0 radical (unpaired) electrons. The molecule has 0 atom stereocenters. The molecule has 0 aliphatic heterocycles. The minimum Gasteiger partial charge on any atom is -0.478 e. The Morgan fingerprint density at radius 1 is 0.923 bits per heavy atom. The van der Waals surface area contributed by atoms with Crippen molar-refractivity contribution >= 4 is 11.9 Å². The number of nitrogens with zero attached hydrogens (tertiary/aromatic N) is 1. The summed E-state index contributed by atoms with van der Waals surface area (Å²) >= 11 is 0. The summed E-state index contributed by atoms with van der Waals surface area (Å²) in [6.45, 7) is 9.47. The van der Waals surface area contributed by atoms with Gasteiger partial charge in [0.2, 0.25) is 0 Å². The first-order valence-corrected chi connectivity index (χ1v) is 8.19. The summed E-state index contributed by atoms with van der Waals surface area (Å²) in [6, 6.07) is 1.43. The molecule has 0 saturated carbocycles.